The average molecular weight is 267 g/mol. The molecule has 0 aliphatic heterocycles. The fraction of sp³-hybridized carbons (Fsp3) is 0.0769. The van der Waals surface area contributed by atoms with E-state index in [1.165, 1.54) is 0 Å². The summed E-state index contributed by atoms with van der Waals surface area (Å²) >= 11 is 1.67. The van der Waals surface area contributed by atoms with Gasteiger partial charge in [0.15, 0.2) is 11.5 Å². The normalized spacial score (nSPS) is 10.3. The molecular formula is C13H9N5S. The summed E-state index contributed by atoms with van der Waals surface area (Å²) < 4.78 is 1.16. The maximum Gasteiger partial charge on any atom is 0.163 e. The third-order valence-electron chi connectivity index (χ3n) is 2.55. The van der Waals surface area contributed by atoms with Crippen LogP contribution in [0.15, 0.2) is 30.3 Å². The molecule has 0 saturated carbocycles. The Morgan fingerprint density at radius 1 is 1.21 bits per heavy atom. The maximum atomic E-state index is 8.66. The summed E-state index contributed by atoms with van der Waals surface area (Å²) in [7, 11) is 0. The number of thiazole rings is 1. The predicted molar refractivity (Wildman–Crippen MR) is 74.4 cm³/mol. The van der Waals surface area contributed by atoms with Gasteiger partial charge in [-0.3, -0.25) is 0 Å². The molecule has 0 spiro atoms. The lowest BCUT2D eigenvalue weighted by Crippen LogP contribution is -1.96. The third-order valence-corrected chi connectivity index (χ3v) is 3.50. The number of nitrogens with one attached hydrogen (secondary N) is 1. The minimum Gasteiger partial charge on any atom is -0.339 e. The van der Waals surface area contributed by atoms with Gasteiger partial charge in [0.2, 0.25) is 0 Å². The second-order valence-corrected chi connectivity index (χ2v) is 5.19. The smallest absolute Gasteiger partial charge is 0.163 e. The Labute approximate surface area is 113 Å². The number of aryl methyl sites for hydroxylation is 1. The molecule has 1 aromatic carbocycles. The SMILES string of the molecule is Cc1nc2cc(Nc3ccc(C#N)nn3)ccc2s1. The number of hydrogen-bond donors (Lipinski definition) is 1. The molecule has 0 unspecified atom stereocenters. The first-order valence-electron chi connectivity index (χ1n) is 5.62. The van der Waals surface area contributed by atoms with E-state index in [2.05, 4.69) is 20.5 Å². The molecule has 0 aliphatic rings. The van der Waals surface area contributed by atoms with Crippen LogP contribution in [-0.2, 0) is 0 Å². The van der Waals surface area contributed by atoms with E-state index >= 15 is 0 Å². The Morgan fingerprint density at radius 3 is 2.84 bits per heavy atom. The van der Waals surface area contributed by atoms with Gasteiger partial charge in [-0.2, -0.15) is 5.26 Å². The van der Waals surface area contributed by atoms with Crippen LogP contribution >= 0.6 is 11.3 Å². The molecule has 0 bridgehead atoms. The molecule has 5 nitrogen and oxygen atoms in total. The highest BCUT2D eigenvalue weighted by Gasteiger charge is 2.03. The molecular weight excluding hydrogens is 258 g/mol. The molecule has 0 amide bonds. The molecule has 0 atom stereocenters. The van der Waals surface area contributed by atoms with Crippen molar-refractivity contribution in [2.24, 2.45) is 0 Å². The number of rotatable bonds is 2. The predicted octanol–water partition coefficient (Wildman–Crippen LogP) is 3.01. The molecule has 3 aromatic rings. The Morgan fingerprint density at radius 2 is 2.11 bits per heavy atom. The Kier molecular flexibility index (Phi) is 2.82. The molecule has 0 saturated heterocycles. The van der Waals surface area contributed by atoms with Crippen molar-refractivity contribution in [3.8, 4) is 6.07 Å². The fourth-order valence-corrected chi connectivity index (χ4v) is 2.53. The number of fused-ring (bicyclic) bond motifs is 1. The zero-order valence-corrected chi connectivity index (χ0v) is 10.9. The first kappa shape index (κ1) is 11.6. The van der Waals surface area contributed by atoms with Gasteiger partial charge in [0.1, 0.15) is 6.07 Å². The van der Waals surface area contributed by atoms with E-state index in [0.29, 0.717) is 11.5 Å². The fourth-order valence-electron chi connectivity index (χ4n) is 1.73. The van der Waals surface area contributed by atoms with Gasteiger partial charge in [-0.05, 0) is 37.3 Å². The van der Waals surface area contributed by atoms with Crippen molar-refractivity contribution < 1.29 is 0 Å². The molecule has 0 radical (unpaired) electrons. The zero-order valence-electron chi connectivity index (χ0n) is 10.1. The third kappa shape index (κ3) is 2.37. The number of hydrogen-bond acceptors (Lipinski definition) is 6. The standard InChI is InChI=1S/C13H9N5S/c1-8-15-11-6-9(2-4-12(11)19-8)16-13-5-3-10(7-14)17-18-13/h2-6H,1H3,(H,16,18). The lowest BCUT2D eigenvalue weighted by atomic mass is 10.3. The number of nitrogens with zero attached hydrogens (tertiary/aromatic N) is 4. The van der Waals surface area contributed by atoms with Crippen molar-refractivity contribution in [2.45, 2.75) is 6.92 Å². The zero-order chi connectivity index (χ0) is 13.2. The molecule has 3 rings (SSSR count). The summed E-state index contributed by atoms with van der Waals surface area (Å²) in [5.74, 6) is 0.602. The van der Waals surface area contributed by atoms with E-state index in [0.717, 1.165) is 20.9 Å². The topological polar surface area (TPSA) is 74.5 Å². The average Bonchev–Trinajstić information content (AvgIpc) is 2.79. The van der Waals surface area contributed by atoms with Crippen LogP contribution in [0.5, 0.6) is 0 Å². The van der Waals surface area contributed by atoms with E-state index in [1.807, 2.05) is 31.2 Å². The Balaban J connectivity index is 1.89. The van der Waals surface area contributed by atoms with Crippen LogP contribution in [0.1, 0.15) is 10.7 Å². The van der Waals surface area contributed by atoms with Gasteiger partial charge in [0.05, 0.1) is 15.2 Å². The molecule has 2 heterocycles. The molecule has 0 fully saturated rings. The maximum absolute atomic E-state index is 8.66. The van der Waals surface area contributed by atoms with E-state index in [-0.39, 0.29) is 0 Å². The number of anilines is 2. The van der Waals surface area contributed by atoms with E-state index in [9.17, 15) is 0 Å². The quantitative estimate of drug-likeness (QED) is 0.772. The molecule has 19 heavy (non-hydrogen) atoms. The lowest BCUT2D eigenvalue weighted by molar-refractivity contribution is 1.01. The van der Waals surface area contributed by atoms with E-state index in [1.54, 1.807) is 23.5 Å². The molecule has 1 N–H and O–H groups in total. The van der Waals surface area contributed by atoms with Crippen molar-refractivity contribution in [2.75, 3.05) is 5.32 Å². The summed E-state index contributed by atoms with van der Waals surface area (Å²) in [6, 6.07) is 11.3. The van der Waals surface area contributed by atoms with Crippen molar-refractivity contribution >= 4 is 33.1 Å². The number of benzene rings is 1. The van der Waals surface area contributed by atoms with Crippen LogP contribution in [0.4, 0.5) is 11.5 Å². The lowest BCUT2D eigenvalue weighted by Gasteiger charge is -2.04. The van der Waals surface area contributed by atoms with Gasteiger partial charge >= 0.3 is 0 Å². The largest absolute Gasteiger partial charge is 0.339 e. The molecule has 0 aliphatic carbocycles. The van der Waals surface area contributed by atoms with Crippen LogP contribution in [-0.4, -0.2) is 15.2 Å². The summed E-state index contributed by atoms with van der Waals surface area (Å²) in [5, 5.41) is 20.5. The summed E-state index contributed by atoms with van der Waals surface area (Å²) in [4.78, 5) is 4.44. The summed E-state index contributed by atoms with van der Waals surface area (Å²) in [6.45, 7) is 1.99. The van der Waals surface area contributed by atoms with E-state index < -0.39 is 0 Å². The van der Waals surface area contributed by atoms with Crippen LogP contribution in [0.25, 0.3) is 10.2 Å². The van der Waals surface area contributed by atoms with Crippen LogP contribution < -0.4 is 5.32 Å². The molecule has 92 valence electrons. The van der Waals surface area contributed by atoms with E-state index in [4.69, 9.17) is 5.26 Å². The van der Waals surface area contributed by atoms with Crippen molar-refractivity contribution in [3.63, 3.8) is 0 Å². The minimum absolute atomic E-state index is 0.302. The second kappa shape index (κ2) is 4.63. The Bertz CT molecular complexity index is 770. The summed E-state index contributed by atoms with van der Waals surface area (Å²) in [6.07, 6.45) is 0. The van der Waals surface area contributed by atoms with Gasteiger partial charge in [-0.1, -0.05) is 0 Å². The van der Waals surface area contributed by atoms with Crippen LogP contribution in [0.2, 0.25) is 0 Å². The highest BCUT2D eigenvalue weighted by atomic mass is 32.1. The number of nitriles is 1. The first-order valence-corrected chi connectivity index (χ1v) is 6.44. The van der Waals surface area contributed by atoms with Crippen molar-refractivity contribution in [1.82, 2.24) is 15.2 Å². The van der Waals surface area contributed by atoms with Crippen molar-refractivity contribution in [1.29, 1.82) is 5.26 Å². The summed E-state index contributed by atoms with van der Waals surface area (Å²) in [5.41, 5.74) is 2.17. The van der Waals surface area contributed by atoms with Gasteiger partial charge < -0.3 is 5.32 Å². The number of aromatic nitrogens is 3. The highest BCUT2D eigenvalue weighted by Crippen LogP contribution is 2.25. The minimum atomic E-state index is 0.302. The van der Waals surface area contributed by atoms with Crippen LogP contribution in [0, 0.1) is 18.3 Å². The van der Waals surface area contributed by atoms with Gasteiger partial charge in [-0.25, -0.2) is 4.98 Å². The van der Waals surface area contributed by atoms with Gasteiger partial charge in [0, 0.05) is 5.69 Å². The molecule has 6 heteroatoms. The second-order valence-electron chi connectivity index (χ2n) is 3.96. The first-order chi connectivity index (χ1) is 9.24. The Hall–Kier alpha value is -2.52. The van der Waals surface area contributed by atoms with Gasteiger partial charge in [0.25, 0.3) is 0 Å². The molecule has 2 aromatic heterocycles. The van der Waals surface area contributed by atoms with Crippen molar-refractivity contribution in [3.05, 3.63) is 41.0 Å². The highest BCUT2D eigenvalue weighted by molar-refractivity contribution is 7.18. The monoisotopic (exact) mass is 267 g/mol. The van der Waals surface area contributed by atoms with Crippen LogP contribution in [0.3, 0.4) is 0 Å². The van der Waals surface area contributed by atoms with Gasteiger partial charge in [-0.15, -0.1) is 21.5 Å².